The van der Waals surface area contributed by atoms with Crippen molar-refractivity contribution in [1.29, 1.82) is 0 Å². The predicted molar refractivity (Wildman–Crippen MR) is 76.6 cm³/mol. The number of benzene rings is 1. The SMILES string of the molecule is CC1NC(c2ccccc2F)N(CCCN(C)C)C1=O. The van der Waals surface area contributed by atoms with Gasteiger partial charge in [0.15, 0.2) is 0 Å². The molecule has 2 atom stereocenters. The molecule has 0 saturated carbocycles. The molecule has 5 heteroatoms. The van der Waals surface area contributed by atoms with Crippen molar-refractivity contribution >= 4 is 5.91 Å². The van der Waals surface area contributed by atoms with E-state index < -0.39 is 0 Å². The summed E-state index contributed by atoms with van der Waals surface area (Å²) in [5, 5.41) is 3.17. The van der Waals surface area contributed by atoms with Crippen molar-refractivity contribution in [2.24, 2.45) is 0 Å². The number of halogens is 1. The molecule has 1 fully saturated rings. The van der Waals surface area contributed by atoms with Gasteiger partial charge in [-0.25, -0.2) is 4.39 Å². The molecule has 2 rings (SSSR count). The predicted octanol–water partition coefficient (Wildman–Crippen LogP) is 1.60. The first-order valence-corrected chi connectivity index (χ1v) is 6.96. The Labute approximate surface area is 119 Å². The molecule has 0 spiro atoms. The van der Waals surface area contributed by atoms with E-state index in [9.17, 15) is 9.18 Å². The fourth-order valence-electron chi connectivity index (χ4n) is 2.53. The third-order valence-electron chi connectivity index (χ3n) is 3.58. The third-order valence-corrected chi connectivity index (χ3v) is 3.58. The molecular formula is C15H22FN3O. The number of nitrogens with zero attached hydrogens (tertiary/aromatic N) is 2. The summed E-state index contributed by atoms with van der Waals surface area (Å²) in [6, 6.07) is 6.36. The fourth-order valence-corrected chi connectivity index (χ4v) is 2.53. The lowest BCUT2D eigenvalue weighted by atomic mass is 10.1. The van der Waals surface area contributed by atoms with Crippen molar-refractivity contribution in [2.75, 3.05) is 27.2 Å². The Morgan fingerprint density at radius 1 is 1.35 bits per heavy atom. The number of carbonyl (C=O) groups is 1. The number of carbonyl (C=O) groups excluding carboxylic acids is 1. The van der Waals surface area contributed by atoms with Crippen molar-refractivity contribution in [2.45, 2.75) is 25.6 Å². The van der Waals surface area contributed by atoms with E-state index in [0.717, 1.165) is 13.0 Å². The second kappa shape index (κ2) is 6.33. The largest absolute Gasteiger partial charge is 0.321 e. The Bertz CT molecular complexity index is 478. The lowest BCUT2D eigenvalue weighted by Crippen LogP contribution is -2.33. The summed E-state index contributed by atoms with van der Waals surface area (Å²) in [7, 11) is 4.00. The number of rotatable bonds is 5. The van der Waals surface area contributed by atoms with E-state index in [1.807, 2.05) is 21.0 Å². The third kappa shape index (κ3) is 3.16. The maximum Gasteiger partial charge on any atom is 0.241 e. The van der Waals surface area contributed by atoms with Crippen molar-refractivity contribution in [3.8, 4) is 0 Å². The quantitative estimate of drug-likeness (QED) is 0.889. The van der Waals surface area contributed by atoms with Crippen LogP contribution in [0.5, 0.6) is 0 Å². The first-order chi connectivity index (χ1) is 9.50. The molecule has 1 aliphatic rings. The van der Waals surface area contributed by atoms with Crippen molar-refractivity contribution in [1.82, 2.24) is 15.1 Å². The highest BCUT2D eigenvalue weighted by molar-refractivity contribution is 5.84. The van der Waals surface area contributed by atoms with Crippen LogP contribution in [0, 0.1) is 5.82 Å². The highest BCUT2D eigenvalue weighted by Crippen LogP contribution is 2.27. The van der Waals surface area contributed by atoms with E-state index in [4.69, 9.17) is 0 Å². The Kier molecular flexibility index (Phi) is 4.73. The summed E-state index contributed by atoms with van der Waals surface area (Å²) in [6.45, 7) is 3.36. The number of amides is 1. The van der Waals surface area contributed by atoms with E-state index in [2.05, 4.69) is 10.2 Å². The van der Waals surface area contributed by atoms with Crippen LogP contribution in [0.4, 0.5) is 4.39 Å². The van der Waals surface area contributed by atoms with Crippen LogP contribution in [0.2, 0.25) is 0 Å². The van der Waals surface area contributed by atoms with Crippen LogP contribution in [0.25, 0.3) is 0 Å². The number of nitrogens with one attached hydrogen (secondary N) is 1. The molecule has 0 bridgehead atoms. The molecule has 1 amide bonds. The second-order valence-electron chi connectivity index (χ2n) is 5.50. The molecule has 0 aromatic heterocycles. The van der Waals surface area contributed by atoms with Gasteiger partial charge >= 0.3 is 0 Å². The van der Waals surface area contributed by atoms with Gasteiger partial charge < -0.3 is 9.80 Å². The van der Waals surface area contributed by atoms with Gasteiger partial charge in [0.05, 0.1) is 6.04 Å². The Morgan fingerprint density at radius 2 is 2.05 bits per heavy atom. The number of hydrogen-bond acceptors (Lipinski definition) is 3. The second-order valence-corrected chi connectivity index (χ2v) is 5.50. The van der Waals surface area contributed by atoms with Crippen LogP contribution in [-0.4, -0.2) is 48.9 Å². The molecule has 4 nitrogen and oxygen atoms in total. The Hall–Kier alpha value is -1.46. The minimum atomic E-state index is -0.360. The normalized spacial score (nSPS) is 22.9. The molecule has 1 saturated heterocycles. The monoisotopic (exact) mass is 279 g/mol. The minimum Gasteiger partial charge on any atom is -0.321 e. The summed E-state index contributed by atoms with van der Waals surface area (Å²) in [5.74, 6) is -0.235. The fraction of sp³-hybridized carbons (Fsp3) is 0.533. The summed E-state index contributed by atoms with van der Waals surface area (Å²) in [6.07, 6.45) is 0.513. The molecule has 1 aromatic carbocycles. The summed E-state index contributed by atoms with van der Waals surface area (Å²) in [5.41, 5.74) is 0.537. The van der Waals surface area contributed by atoms with Gasteiger partial charge in [0.1, 0.15) is 12.0 Å². The van der Waals surface area contributed by atoms with Gasteiger partial charge in [-0.15, -0.1) is 0 Å². The molecule has 1 heterocycles. The molecular weight excluding hydrogens is 257 g/mol. The lowest BCUT2D eigenvalue weighted by Gasteiger charge is -2.25. The molecule has 0 aliphatic carbocycles. The van der Waals surface area contributed by atoms with Crippen LogP contribution in [0.1, 0.15) is 25.1 Å². The average Bonchev–Trinajstić information content (AvgIpc) is 2.67. The Morgan fingerprint density at radius 3 is 2.70 bits per heavy atom. The lowest BCUT2D eigenvalue weighted by molar-refractivity contribution is -0.129. The molecule has 2 unspecified atom stereocenters. The summed E-state index contributed by atoms with van der Waals surface area (Å²) < 4.78 is 13.9. The molecule has 110 valence electrons. The van der Waals surface area contributed by atoms with Crippen LogP contribution >= 0.6 is 0 Å². The van der Waals surface area contributed by atoms with Crippen molar-refractivity contribution in [3.05, 3.63) is 35.6 Å². The molecule has 20 heavy (non-hydrogen) atoms. The van der Waals surface area contributed by atoms with Gasteiger partial charge in [-0.1, -0.05) is 18.2 Å². The highest BCUT2D eigenvalue weighted by atomic mass is 19.1. The molecule has 1 aromatic rings. The van der Waals surface area contributed by atoms with Crippen LogP contribution in [0.15, 0.2) is 24.3 Å². The van der Waals surface area contributed by atoms with E-state index in [-0.39, 0.29) is 23.9 Å². The maximum atomic E-state index is 13.9. The van der Waals surface area contributed by atoms with Crippen LogP contribution in [-0.2, 0) is 4.79 Å². The van der Waals surface area contributed by atoms with E-state index in [1.165, 1.54) is 6.07 Å². The summed E-state index contributed by atoms with van der Waals surface area (Å²) >= 11 is 0. The zero-order valence-electron chi connectivity index (χ0n) is 12.3. The Balaban J connectivity index is 2.13. The highest BCUT2D eigenvalue weighted by Gasteiger charge is 2.37. The first kappa shape index (κ1) is 14.9. The van der Waals surface area contributed by atoms with Gasteiger partial charge in [-0.05, 0) is 40.1 Å². The van der Waals surface area contributed by atoms with Gasteiger partial charge in [0.2, 0.25) is 5.91 Å². The molecule has 0 radical (unpaired) electrons. The van der Waals surface area contributed by atoms with Gasteiger partial charge in [-0.3, -0.25) is 10.1 Å². The van der Waals surface area contributed by atoms with E-state index >= 15 is 0 Å². The van der Waals surface area contributed by atoms with Crippen LogP contribution < -0.4 is 5.32 Å². The maximum absolute atomic E-state index is 13.9. The number of hydrogen-bond donors (Lipinski definition) is 1. The van der Waals surface area contributed by atoms with Gasteiger partial charge in [0.25, 0.3) is 0 Å². The first-order valence-electron chi connectivity index (χ1n) is 6.96. The van der Waals surface area contributed by atoms with Crippen LogP contribution in [0.3, 0.4) is 0 Å². The van der Waals surface area contributed by atoms with Gasteiger partial charge in [-0.2, -0.15) is 0 Å². The van der Waals surface area contributed by atoms with E-state index in [0.29, 0.717) is 12.1 Å². The minimum absolute atomic E-state index is 0.0389. The summed E-state index contributed by atoms with van der Waals surface area (Å²) in [4.78, 5) is 16.0. The average molecular weight is 279 g/mol. The zero-order valence-corrected chi connectivity index (χ0v) is 12.3. The standard InChI is InChI=1S/C15H22FN3O/c1-11-15(20)19(10-6-9-18(2)3)14(17-11)12-7-4-5-8-13(12)16/h4-5,7-8,11,14,17H,6,9-10H2,1-3H3. The van der Waals surface area contributed by atoms with Gasteiger partial charge in [0, 0.05) is 12.1 Å². The molecule has 1 N–H and O–H groups in total. The molecule has 1 aliphatic heterocycles. The van der Waals surface area contributed by atoms with E-state index in [1.54, 1.807) is 23.1 Å². The van der Waals surface area contributed by atoms with Crippen molar-refractivity contribution < 1.29 is 9.18 Å². The smallest absolute Gasteiger partial charge is 0.241 e. The topological polar surface area (TPSA) is 35.6 Å². The zero-order chi connectivity index (χ0) is 14.7. The van der Waals surface area contributed by atoms with Crippen molar-refractivity contribution in [3.63, 3.8) is 0 Å².